The Morgan fingerprint density at radius 2 is 2.00 bits per heavy atom. The van der Waals surface area contributed by atoms with Crippen molar-refractivity contribution >= 4 is 11.5 Å². The molecule has 0 aromatic heterocycles. The van der Waals surface area contributed by atoms with Gasteiger partial charge < -0.3 is 9.84 Å². The average molecular weight is 341 g/mol. The highest BCUT2D eigenvalue weighted by atomic mass is 16.5. The van der Waals surface area contributed by atoms with E-state index in [0.717, 1.165) is 24.8 Å². The first kappa shape index (κ1) is 17.7. The molecule has 1 aliphatic heterocycles. The number of aliphatic hydroxyl groups is 1. The number of rotatable bonds is 4. The lowest BCUT2D eigenvalue weighted by Crippen LogP contribution is -2.58. The van der Waals surface area contributed by atoms with Gasteiger partial charge in [-0.15, -0.1) is 0 Å². The van der Waals surface area contributed by atoms with Crippen LogP contribution in [0.4, 0.5) is 0 Å². The van der Waals surface area contributed by atoms with Crippen molar-refractivity contribution in [2.24, 2.45) is 5.92 Å². The monoisotopic (exact) mass is 341 g/mol. The van der Waals surface area contributed by atoms with Gasteiger partial charge in [-0.25, -0.2) is 0 Å². The van der Waals surface area contributed by atoms with Crippen LogP contribution < -0.4 is 0 Å². The molecule has 0 saturated heterocycles. The number of allylic oxidation sites excluding steroid dienone is 2. The Bertz CT molecular complexity index is 705. The summed E-state index contributed by atoms with van der Waals surface area (Å²) in [6.45, 7) is 9.86. The second-order valence-electron chi connectivity index (χ2n) is 7.66. The number of aliphatic hydroxyl groups excluding tert-OH is 1. The lowest BCUT2D eigenvalue weighted by Gasteiger charge is -2.45. The smallest absolute Gasteiger partial charge is 0.261 e. The van der Waals surface area contributed by atoms with Crippen LogP contribution in [0.15, 0.2) is 48.2 Å². The minimum atomic E-state index is -0.715. The Hall–Kier alpha value is -2.07. The van der Waals surface area contributed by atoms with Crippen LogP contribution in [0.25, 0.3) is 5.57 Å². The van der Waals surface area contributed by atoms with E-state index < -0.39 is 11.6 Å². The zero-order valence-electron chi connectivity index (χ0n) is 15.3. The molecule has 1 heterocycles. The molecule has 1 aliphatic carbocycles. The first-order valence-corrected chi connectivity index (χ1v) is 8.88. The van der Waals surface area contributed by atoms with E-state index in [1.165, 1.54) is 5.57 Å². The number of ether oxygens (including phenoxy) is 1. The van der Waals surface area contributed by atoms with Gasteiger partial charge in [0.15, 0.2) is 6.73 Å². The van der Waals surface area contributed by atoms with Gasteiger partial charge in [0.25, 0.3) is 5.91 Å². The van der Waals surface area contributed by atoms with Crippen molar-refractivity contribution in [3.8, 4) is 0 Å². The molecule has 4 heteroatoms. The molecule has 1 saturated carbocycles. The summed E-state index contributed by atoms with van der Waals surface area (Å²) in [7, 11) is 0. The van der Waals surface area contributed by atoms with Gasteiger partial charge in [0.05, 0.1) is 17.2 Å². The molecule has 2 unspecified atom stereocenters. The summed E-state index contributed by atoms with van der Waals surface area (Å²) < 4.78 is 5.80. The summed E-state index contributed by atoms with van der Waals surface area (Å²) in [5.41, 5.74) is 1.88. The lowest BCUT2D eigenvalue weighted by atomic mass is 9.83. The average Bonchev–Trinajstić information content (AvgIpc) is 3.01. The standard InChI is InChI=1S/C21H27NO3/c1-14-10-11-17(12-14)19(23)21(3,4)22-13-25-15(2)18(20(22)24)16-8-6-5-7-9-16/h5-9,17,19,23H,1,10-13H2,2-4H3. The summed E-state index contributed by atoms with van der Waals surface area (Å²) in [5.74, 6) is 0.685. The molecule has 1 aromatic rings. The van der Waals surface area contributed by atoms with Crippen LogP contribution in [0.3, 0.4) is 0 Å². The minimum absolute atomic E-state index is 0.0872. The fraction of sp³-hybridized carbons (Fsp3) is 0.476. The third-order valence-corrected chi connectivity index (χ3v) is 5.57. The maximum atomic E-state index is 13.2. The van der Waals surface area contributed by atoms with Crippen LogP contribution in [-0.4, -0.2) is 34.3 Å². The van der Waals surface area contributed by atoms with Gasteiger partial charge in [-0.1, -0.05) is 42.5 Å². The van der Waals surface area contributed by atoms with Crippen molar-refractivity contribution in [1.29, 1.82) is 0 Å². The molecule has 2 aliphatic rings. The van der Waals surface area contributed by atoms with Gasteiger partial charge in [0.1, 0.15) is 5.76 Å². The minimum Gasteiger partial charge on any atom is -0.477 e. The topological polar surface area (TPSA) is 49.8 Å². The summed E-state index contributed by atoms with van der Waals surface area (Å²) in [6.07, 6.45) is 2.09. The largest absolute Gasteiger partial charge is 0.477 e. The number of carbonyl (C=O) groups excluding carboxylic acids is 1. The Morgan fingerprint density at radius 1 is 1.32 bits per heavy atom. The van der Waals surface area contributed by atoms with Crippen LogP contribution >= 0.6 is 0 Å². The van der Waals surface area contributed by atoms with Crippen molar-refractivity contribution in [1.82, 2.24) is 4.90 Å². The molecule has 4 nitrogen and oxygen atoms in total. The van der Waals surface area contributed by atoms with Crippen molar-refractivity contribution < 1.29 is 14.6 Å². The second kappa shape index (κ2) is 6.68. The molecule has 1 aromatic carbocycles. The summed E-state index contributed by atoms with van der Waals surface area (Å²) in [5, 5.41) is 11.0. The number of hydrogen-bond donors (Lipinski definition) is 1. The van der Waals surface area contributed by atoms with E-state index in [-0.39, 0.29) is 18.6 Å². The van der Waals surface area contributed by atoms with Crippen LogP contribution in [0.5, 0.6) is 0 Å². The van der Waals surface area contributed by atoms with Gasteiger partial charge in [0.2, 0.25) is 0 Å². The first-order chi connectivity index (χ1) is 11.8. The van der Waals surface area contributed by atoms with Crippen LogP contribution in [0, 0.1) is 5.92 Å². The normalized spacial score (nSPS) is 23.0. The first-order valence-electron chi connectivity index (χ1n) is 8.88. The van der Waals surface area contributed by atoms with E-state index in [9.17, 15) is 9.90 Å². The Balaban J connectivity index is 1.87. The third-order valence-electron chi connectivity index (χ3n) is 5.57. The number of amides is 1. The zero-order chi connectivity index (χ0) is 18.2. The van der Waals surface area contributed by atoms with Gasteiger partial charge in [0, 0.05) is 0 Å². The predicted octanol–water partition coefficient (Wildman–Crippen LogP) is 3.73. The summed E-state index contributed by atoms with van der Waals surface area (Å²) in [4.78, 5) is 14.9. The van der Waals surface area contributed by atoms with Crippen molar-refractivity contribution in [3.05, 3.63) is 53.8 Å². The number of benzene rings is 1. The molecule has 2 atom stereocenters. The van der Waals surface area contributed by atoms with Gasteiger partial charge in [-0.05, 0) is 51.5 Å². The number of hydrogen-bond acceptors (Lipinski definition) is 3. The van der Waals surface area contributed by atoms with Crippen molar-refractivity contribution in [3.63, 3.8) is 0 Å². The van der Waals surface area contributed by atoms with Gasteiger partial charge >= 0.3 is 0 Å². The quantitative estimate of drug-likeness (QED) is 0.849. The molecular weight excluding hydrogens is 314 g/mol. The molecule has 0 bridgehead atoms. The van der Waals surface area contributed by atoms with Crippen LogP contribution in [0.1, 0.15) is 45.6 Å². The van der Waals surface area contributed by atoms with E-state index in [0.29, 0.717) is 11.3 Å². The molecule has 134 valence electrons. The summed E-state index contributed by atoms with van der Waals surface area (Å²) in [6, 6.07) is 9.56. The fourth-order valence-electron chi connectivity index (χ4n) is 3.91. The number of carbonyl (C=O) groups is 1. The Labute approximate surface area is 149 Å². The molecule has 0 spiro atoms. The zero-order valence-corrected chi connectivity index (χ0v) is 15.3. The van der Waals surface area contributed by atoms with Crippen molar-refractivity contribution in [2.75, 3.05) is 6.73 Å². The second-order valence-corrected chi connectivity index (χ2v) is 7.66. The highest BCUT2D eigenvalue weighted by molar-refractivity contribution is 6.20. The highest BCUT2D eigenvalue weighted by Crippen LogP contribution is 2.39. The Morgan fingerprint density at radius 3 is 2.60 bits per heavy atom. The number of nitrogens with zero attached hydrogens (tertiary/aromatic N) is 1. The van der Waals surface area contributed by atoms with Crippen LogP contribution in [-0.2, 0) is 9.53 Å². The van der Waals surface area contributed by atoms with E-state index in [4.69, 9.17) is 4.74 Å². The summed E-state index contributed by atoms with van der Waals surface area (Å²) >= 11 is 0. The molecule has 3 rings (SSSR count). The van der Waals surface area contributed by atoms with E-state index in [1.54, 1.807) is 4.90 Å². The van der Waals surface area contributed by atoms with Crippen LogP contribution in [0.2, 0.25) is 0 Å². The molecule has 1 amide bonds. The molecule has 0 radical (unpaired) electrons. The maximum absolute atomic E-state index is 13.2. The molecular formula is C21H27NO3. The predicted molar refractivity (Wildman–Crippen MR) is 98.4 cm³/mol. The third kappa shape index (κ3) is 3.23. The van der Waals surface area contributed by atoms with Gasteiger partial charge in [-0.3, -0.25) is 9.69 Å². The maximum Gasteiger partial charge on any atom is 0.261 e. The molecule has 1 N–H and O–H groups in total. The van der Waals surface area contributed by atoms with E-state index in [2.05, 4.69) is 6.58 Å². The molecule has 25 heavy (non-hydrogen) atoms. The molecule has 1 fully saturated rings. The van der Waals surface area contributed by atoms with Gasteiger partial charge in [-0.2, -0.15) is 0 Å². The van der Waals surface area contributed by atoms with Crippen molar-refractivity contribution in [2.45, 2.75) is 51.7 Å². The SMILES string of the molecule is C=C1CCC(C(O)C(C)(C)N2COC(C)=C(c3ccccc3)C2=O)C1. The fourth-order valence-corrected chi connectivity index (χ4v) is 3.91. The van der Waals surface area contributed by atoms with E-state index in [1.807, 2.05) is 51.1 Å². The lowest BCUT2D eigenvalue weighted by molar-refractivity contribution is -0.148. The Kier molecular flexibility index (Phi) is 4.74. The van der Waals surface area contributed by atoms with E-state index >= 15 is 0 Å². The highest BCUT2D eigenvalue weighted by Gasteiger charge is 2.45.